The number of carbonyl (C=O) groups is 2. The Bertz CT molecular complexity index is 744. The summed E-state index contributed by atoms with van der Waals surface area (Å²) in [5.41, 5.74) is 2.04. The van der Waals surface area contributed by atoms with Crippen molar-refractivity contribution < 1.29 is 19.4 Å². The van der Waals surface area contributed by atoms with E-state index < -0.39 is 5.97 Å². The molecule has 0 radical (unpaired) electrons. The van der Waals surface area contributed by atoms with Crippen LogP contribution in [0.15, 0.2) is 30.5 Å². The molecule has 2 aromatic rings. The highest BCUT2D eigenvalue weighted by atomic mass is 16.5. The second kappa shape index (κ2) is 8.77. The number of carbonyl (C=O) groups excluding carboxylic acids is 1. The molecule has 7 heteroatoms. The van der Waals surface area contributed by atoms with Gasteiger partial charge in [0.05, 0.1) is 17.9 Å². The minimum absolute atomic E-state index is 0.0895. The smallest absolute Gasteiger partial charge is 0.303 e. The number of aryl methyl sites for hydroxylation is 2. The summed E-state index contributed by atoms with van der Waals surface area (Å²) in [5.74, 6) is 0.256. The lowest BCUT2D eigenvalue weighted by Gasteiger charge is -2.09. The molecule has 1 aromatic heterocycles. The number of ether oxygens (including phenoxy) is 1. The summed E-state index contributed by atoms with van der Waals surface area (Å²) in [4.78, 5) is 30.8. The Kier molecular flexibility index (Phi) is 6.45. The van der Waals surface area contributed by atoms with Crippen molar-refractivity contribution in [3.63, 3.8) is 0 Å². The molecule has 0 aliphatic carbocycles. The molecule has 1 amide bonds. The van der Waals surface area contributed by atoms with E-state index in [2.05, 4.69) is 15.3 Å². The van der Waals surface area contributed by atoms with E-state index >= 15 is 0 Å². The molecule has 1 aromatic carbocycles. The van der Waals surface area contributed by atoms with Crippen LogP contribution >= 0.6 is 0 Å². The molecule has 0 spiro atoms. The Hall–Kier alpha value is -2.96. The first-order chi connectivity index (χ1) is 12.0. The minimum atomic E-state index is -0.830. The van der Waals surface area contributed by atoms with Gasteiger partial charge in [-0.25, -0.2) is 9.97 Å². The van der Waals surface area contributed by atoms with Crippen molar-refractivity contribution >= 4 is 11.9 Å². The minimum Gasteiger partial charge on any atom is -0.494 e. The van der Waals surface area contributed by atoms with E-state index in [4.69, 9.17) is 9.84 Å². The van der Waals surface area contributed by atoms with E-state index in [0.717, 1.165) is 5.56 Å². The van der Waals surface area contributed by atoms with Gasteiger partial charge >= 0.3 is 5.97 Å². The Morgan fingerprint density at radius 2 is 1.92 bits per heavy atom. The van der Waals surface area contributed by atoms with E-state index in [9.17, 15) is 9.59 Å². The van der Waals surface area contributed by atoms with Crippen molar-refractivity contribution in [3.8, 4) is 5.75 Å². The van der Waals surface area contributed by atoms with Crippen LogP contribution in [0.3, 0.4) is 0 Å². The number of aromatic nitrogens is 2. The Balaban J connectivity index is 1.82. The average Bonchev–Trinajstić information content (AvgIpc) is 2.57. The summed E-state index contributed by atoms with van der Waals surface area (Å²) in [6, 6.07) is 7.29. The zero-order valence-corrected chi connectivity index (χ0v) is 14.3. The maximum Gasteiger partial charge on any atom is 0.303 e. The molecule has 0 saturated carbocycles. The third-order valence-corrected chi connectivity index (χ3v) is 3.52. The fourth-order valence-electron chi connectivity index (χ4n) is 2.20. The molecular formula is C18H21N3O4. The molecule has 0 unspecified atom stereocenters. The van der Waals surface area contributed by atoms with Gasteiger partial charge in [-0.1, -0.05) is 12.1 Å². The Morgan fingerprint density at radius 3 is 2.56 bits per heavy atom. The number of rotatable bonds is 8. The summed E-state index contributed by atoms with van der Waals surface area (Å²) >= 11 is 0. The zero-order chi connectivity index (χ0) is 18.2. The summed E-state index contributed by atoms with van der Waals surface area (Å²) in [7, 11) is 0. The molecule has 0 saturated heterocycles. The Labute approximate surface area is 146 Å². The van der Waals surface area contributed by atoms with Crippen LogP contribution in [-0.4, -0.2) is 33.6 Å². The number of carboxylic acid groups (broad SMARTS) is 1. The number of carboxylic acids is 1. The first-order valence-electron chi connectivity index (χ1n) is 7.97. The maximum absolute atomic E-state index is 12.2. The molecule has 7 nitrogen and oxygen atoms in total. The molecule has 0 aliphatic heterocycles. The van der Waals surface area contributed by atoms with Gasteiger partial charge in [-0.05, 0) is 38.0 Å². The molecule has 0 atom stereocenters. The number of nitrogens with zero attached hydrogens (tertiary/aromatic N) is 2. The SMILES string of the molecule is Cc1ncc(C(=O)NCc2ccc(OCCCC(=O)O)cc2)c(C)n1. The summed E-state index contributed by atoms with van der Waals surface area (Å²) < 4.78 is 5.47. The van der Waals surface area contributed by atoms with Crippen LogP contribution in [-0.2, 0) is 11.3 Å². The predicted molar refractivity (Wildman–Crippen MR) is 91.5 cm³/mol. The number of hydrogen-bond acceptors (Lipinski definition) is 5. The molecule has 0 bridgehead atoms. The number of aliphatic carboxylic acids is 1. The lowest BCUT2D eigenvalue weighted by Crippen LogP contribution is -2.24. The number of benzene rings is 1. The van der Waals surface area contributed by atoms with Gasteiger partial charge in [0, 0.05) is 19.2 Å². The van der Waals surface area contributed by atoms with Gasteiger partial charge in [-0.2, -0.15) is 0 Å². The van der Waals surface area contributed by atoms with Crippen molar-refractivity contribution in [3.05, 3.63) is 53.1 Å². The molecule has 0 aliphatic rings. The Morgan fingerprint density at radius 1 is 1.20 bits per heavy atom. The van der Waals surface area contributed by atoms with E-state index in [1.54, 1.807) is 26.0 Å². The van der Waals surface area contributed by atoms with Crippen molar-refractivity contribution in [2.45, 2.75) is 33.2 Å². The molecule has 2 N–H and O–H groups in total. The second-order valence-corrected chi connectivity index (χ2v) is 5.59. The van der Waals surface area contributed by atoms with Crippen molar-refractivity contribution in [1.82, 2.24) is 15.3 Å². The summed E-state index contributed by atoms with van der Waals surface area (Å²) in [6.07, 6.45) is 2.08. The highest BCUT2D eigenvalue weighted by Crippen LogP contribution is 2.13. The fourth-order valence-corrected chi connectivity index (χ4v) is 2.20. The van der Waals surface area contributed by atoms with Crippen molar-refractivity contribution in [2.24, 2.45) is 0 Å². The lowest BCUT2D eigenvalue weighted by molar-refractivity contribution is -0.137. The quantitative estimate of drug-likeness (QED) is 0.713. The van der Waals surface area contributed by atoms with Gasteiger partial charge in [0.2, 0.25) is 0 Å². The molecule has 2 rings (SSSR count). The summed E-state index contributed by atoms with van der Waals surface area (Å²) in [6.45, 7) is 4.29. The average molecular weight is 343 g/mol. The van der Waals surface area contributed by atoms with Crippen LogP contribution in [0.25, 0.3) is 0 Å². The molecule has 0 fully saturated rings. The van der Waals surface area contributed by atoms with Crippen molar-refractivity contribution in [2.75, 3.05) is 6.61 Å². The van der Waals surface area contributed by atoms with E-state index in [1.165, 1.54) is 6.20 Å². The first kappa shape index (κ1) is 18.4. The van der Waals surface area contributed by atoms with Crippen molar-refractivity contribution in [1.29, 1.82) is 0 Å². The highest BCUT2D eigenvalue weighted by Gasteiger charge is 2.10. The van der Waals surface area contributed by atoms with Crippen LogP contribution in [0.5, 0.6) is 5.75 Å². The maximum atomic E-state index is 12.2. The topological polar surface area (TPSA) is 101 Å². The van der Waals surface area contributed by atoms with E-state index in [0.29, 0.717) is 42.4 Å². The van der Waals surface area contributed by atoms with Gasteiger partial charge in [0.15, 0.2) is 0 Å². The number of nitrogens with one attached hydrogen (secondary N) is 1. The number of amides is 1. The predicted octanol–water partition coefficient (Wildman–Crippen LogP) is 2.27. The number of hydrogen-bond donors (Lipinski definition) is 2. The van der Waals surface area contributed by atoms with Gasteiger partial charge in [0.25, 0.3) is 5.91 Å². The third kappa shape index (κ3) is 5.87. The monoisotopic (exact) mass is 343 g/mol. The molecule has 1 heterocycles. The van der Waals surface area contributed by atoms with Crippen LogP contribution in [0.2, 0.25) is 0 Å². The molecular weight excluding hydrogens is 322 g/mol. The lowest BCUT2D eigenvalue weighted by atomic mass is 10.2. The highest BCUT2D eigenvalue weighted by molar-refractivity contribution is 5.94. The fraction of sp³-hybridized carbons (Fsp3) is 0.333. The van der Waals surface area contributed by atoms with Crippen LogP contribution in [0.4, 0.5) is 0 Å². The summed E-state index contributed by atoms with van der Waals surface area (Å²) in [5, 5.41) is 11.4. The normalized spacial score (nSPS) is 10.3. The second-order valence-electron chi connectivity index (χ2n) is 5.59. The van der Waals surface area contributed by atoms with Crippen LogP contribution in [0, 0.1) is 13.8 Å². The van der Waals surface area contributed by atoms with E-state index in [-0.39, 0.29) is 12.3 Å². The van der Waals surface area contributed by atoms with E-state index in [1.807, 2.05) is 12.1 Å². The van der Waals surface area contributed by atoms with Gasteiger partial charge in [-0.3, -0.25) is 9.59 Å². The third-order valence-electron chi connectivity index (χ3n) is 3.52. The molecule has 132 valence electrons. The standard InChI is InChI=1S/C18H21N3O4/c1-12-16(11-19-13(2)21-12)18(24)20-10-14-5-7-15(8-6-14)25-9-3-4-17(22)23/h5-8,11H,3-4,9-10H2,1-2H3,(H,20,24)(H,22,23). The largest absolute Gasteiger partial charge is 0.494 e. The van der Waals surface area contributed by atoms with Gasteiger partial charge < -0.3 is 15.2 Å². The molecule has 25 heavy (non-hydrogen) atoms. The zero-order valence-electron chi connectivity index (χ0n) is 14.3. The first-order valence-corrected chi connectivity index (χ1v) is 7.97. The van der Waals surface area contributed by atoms with Gasteiger partial charge in [0.1, 0.15) is 11.6 Å². The van der Waals surface area contributed by atoms with Crippen LogP contribution in [0.1, 0.15) is 40.3 Å². The van der Waals surface area contributed by atoms with Gasteiger partial charge in [-0.15, -0.1) is 0 Å². The van der Waals surface area contributed by atoms with Crippen LogP contribution < -0.4 is 10.1 Å².